The molecule has 0 N–H and O–H groups in total. The molecule has 2 nitrogen and oxygen atoms in total. The summed E-state index contributed by atoms with van der Waals surface area (Å²) in [6, 6.07) is 0. The number of carbonyl (C=O) groups excluding carboxylic acids is 1. The van der Waals surface area contributed by atoms with Gasteiger partial charge in [-0.25, -0.2) is 0 Å². The Morgan fingerprint density at radius 1 is 1.10 bits per heavy atom. The molecule has 2 fully saturated rings. The maximum atomic E-state index is 12.1. The van der Waals surface area contributed by atoms with E-state index in [0.717, 1.165) is 19.3 Å². The van der Waals surface area contributed by atoms with Gasteiger partial charge in [0, 0.05) is 17.7 Å². The van der Waals surface area contributed by atoms with Crippen LogP contribution in [0.5, 0.6) is 0 Å². The Labute approximate surface area is 135 Å². The predicted octanol–water partition coefficient (Wildman–Crippen LogP) is 5.32. The van der Waals surface area contributed by atoms with Crippen molar-refractivity contribution < 1.29 is 9.53 Å². The minimum atomic E-state index is 0.00295. The fraction of sp³-hybridized carbons (Fsp3) is 0.944. The minimum Gasteiger partial charge on any atom is -0.462 e. The van der Waals surface area contributed by atoms with E-state index in [1.165, 1.54) is 38.5 Å². The lowest BCUT2D eigenvalue weighted by molar-refractivity contribution is -0.156. The van der Waals surface area contributed by atoms with Gasteiger partial charge >= 0.3 is 5.97 Å². The smallest absolute Gasteiger partial charge is 0.306 e. The summed E-state index contributed by atoms with van der Waals surface area (Å²) in [5.41, 5.74) is 0. The molecule has 0 aromatic rings. The van der Waals surface area contributed by atoms with Gasteiger partial charge in [-0.15, -0.1) is 11.6 Å². The molecule has 5 atom stereocenters. The maximum Gasteiger partial charge on any atom is 0.306 e. The second-order valence-corrected chi connectivity index (χ2v) is 7.72. The fourth-order valence-corrected chi connectivity index (χ4v) is 4.47. The van der Waals surface area contributed by atoms with E-state index in [0.29, 0.717) is 24.2 Å². The molecule has 0 bridgehead atoms. The molecule has 0 aromatic carbocycles. The first kappa shape index (κ1) is 17.1. The normalized spacial score (nSPS) is 35.2. The van der Waals surface area contributed by atoms with Gasteiger partial charge in [-0.3, -0.25) is 4.79 Å². The molecule has 0 aromatic heterocycles. The standard InChI is InChI=1S/C18H31ClO2/c1-3-13(2)12-18(20)21-17-11-7-5-9-15(17)14-8-4-6-10-16(14)19/h13-17H,3-12H2,1-2H3/t13?,14-,15-,16+,17+/m0/s1. The van der Waals surface area contributed by atoms with Gasteiger partial charge in [0.25, 0.3) is 0 Å². The van der Waals surface area contributed by atoms with Gasteiger partial charge in [-0.1, -0.05) is 39.5 Å². The number of carbonyl (C=O) groups is 1. The lowest BCUT2D eigenvalue weighted by atomic mass is 9.71. The van der Waals surface area contributed by atoms with E-state index >= 15 is 0 Å². The van der Waals surface area contributed by atoms with E-state index in [-0.39, 0.29) is 17.5 Å². The van der Waals surface area contributed by atoms with Crippen LogP contribution in [0.1, 0.15) is 78.1 Å². The van der Waals surface area contributed by atoms with Gasteiger partial charge in [0.05, 0.1) is 0 Å². The van der Waals surface area contributed by atoms with Crippen molar-refractivity contribution in [3.63, 3.8) is 0 Å². The van der Waals surface area contributed by atoms with Gasteiger partial charge in [0.1, 0.15) is 6.10 Å². The fourth-order valence-electron chi connectivity index (χ4n) is 4.00. The van der Waals surface area contributed by atoms with E-state index in [1.54, 1.807) is 0 Å². The van der Waals surface area contributed by atoms with Crippen LogP contribution in [0, 0.1) is 17.8 Å². The SMILES string of the molecule is CCC(C)CC(=O)O[C@@H]1CCCC[C@H]1[C@@H]1CCCC[C@H]1Cl. The van der Waals surface area contributed by atoms with Crippen molar-refractivity contribution in [2.75, 3.05) is 0 Å². The zero-order chi connectivity index (χ0) is 15.2. The molecule has 0 saturated heterocycles. The van der Waals surface area contributed by atoms with Crippen molar-refractivity contribution in [1.29, 1.82) is 0 Å². The molecule has 3 heteroatoms. The first-order chi connectivity index (χ1) is 10.1. The van der Waals surface area contributed by atoms with Crippen LogP contribution in [-0.4, -0.2) is 17.5 Å². The van der Waals surface area contributed by atoms with Crippen LogP contribution < -0.4 is 0 Å². The highest BCUT2D eigenvalue weighted by atomic mass is 35.5. The summed E-state index contributed by atoms with van der Waals surface area (Å²) in [7, 11) is 0. The summed E-state index contributed by atoms with van der Waals surface area (Å²) in [4.78, 5) is 12.1. The average molecular weight is 315 g/mol. The van der Waals surface area contributed by atoms with Crippen LogP contribution >= 0.6 is 11.6 Å². The van der Waals surface area contributed by atoms with Crippen molar-refractivity contribution in [3.8, 4) is 0 Å². The van der Waals surface area contributed by atoms with Crippen molar-refractivity contribution >= 4 is 17.6 Å². The largest absolute Gasteiger partial charge is 0.462 e. The number of esters is 1. The third-order valence-electron chi connectivity index (χ3n) is 5.53. The highest BCUT2D eigenvalue weighted by Crippen LogP contribution is 2.41. The van der Waals surface area contributed by atoms with E-state index in [9.17, 15) is 4.79 Å². The highest BCUT2D eigenvalue weighted by Gasteiger charge is 2.38. The Morgan fingerprint density at radius 2 is 1.71 bits per heavy atom. The lowest BCUT2D eigenvalue weighted by Crippen LogP contribution is -2.39. The quantitative estimate of drug-likeness (QED) is 0.507. The second-order valence-electron chi connectivity index (χ2n) is 7.16. The van der Waals surface area contributed by atoms with E-state index in [2.05, 4.69) is 13.8 Å². The molecule has 0 heterocycles. The molecular weight excluding hydrogens is 284 g/mol. The third kappa shape index (κ3) is 4.87. The Bertz CT molecular complexity index is 331. The number of hydrogen-bond acceptors (Lipinski definition) is 2. The topological polar surface area (TPSA) is 26.3 Å². The van der Waals surface area contributed by atoms with Crippen molar-refractivity contribution in [1.82, 2.24) is 0 Å². The number of rotatable bonds is 5. The number of halogens is 1. The Hall–Kier alpha value is -0.240. The Balaban J connectivity index is 1.93. The molecule has 2 aliphatic carbocycles. The van der Waals surface area contributed by atoms with Crippen molar-refractivity contribution in [2.24, 2.45) is 17.8 Å². The van der Waals surface area contributed by atoms with Gasteiger partial charge in [-0.2, -0.15) is 0 Å². The minimum absolute atomic E-state index is 0.00295. The zero-order valence-electron chi connectivity index (χ0n) is 13.7. The van der Waals surface area contributed by atoms with Crippen LogP contribution in [0.25, 0.3) is 0 Å². The van der Waals surface area contributed by atoms with Crippen LogP contribution in [0.4, 0.5) is 0 Å². The molecule has 0 aliphatic heterocycles. The van der Waals surface area contributed by atoms with Gasteiger partial charge in [0.2, 0.25) is 0 Å². The highest BCUT2D eigenvalue weighted by molar-refractivity contribution is 6.20. The molecule has 0 amide bonds. The Kier molecular flexibility index (Phi) is 6.85. The first-order valence-electron chi connectivity index (χ1n) is 8.95. The first-order valence-corrected chi connectivity index (χ1v) is 9.39. The maximum absolute atomic E-state index is 12.1. The summed E-state index contributed by atoms with van der Waals surface area (Å²) in [5, 5.41) is 0.289. The molecule has 2 saturated carbocycles. The van der Waals surface area contributed by atoms with Crippen molar-refractivity contribution in [3.05, 3.63) is 0 Å². The van der Waals surface area contributed by atoms with Gasteiger partial charge in [0.15, 0.2) is 0 Å². The molecule has 2 rings (SSSR count). The summed E-state index contributed by atoms with van der Waals surface area (Å²) >= 11 is 6.58. The average Bonchev–Trinajstić information content (AvgIpc) is 2.48. The van der Waals surface area contributed by atoms with E-state index in [1.807, 2.05) is 0 Å². The third-order valence-corrected chi connectivity index (χ3v) is 6.07. The van der Waals surface area contributed by atoms with Gasteiger partial charge < -0.3 is 4.74 Å². The van der Waals surface area contributed by atoms with E-state index < -0.39 is 0 Å². The lowest BCUT2D eigenvalue weighted by Gasteiger charge is -2.40. The van der Waals surface area contributed by atoms with Gasteiger partial charge in [-0.05, 0) is 43.9 Å². The van der Waals surface area contributed by atoms with E-state index in [4.69, 9.17) is 16.3 Å². The summed E-state index contributed by atoms with van der Waals surface area (Å²) in [5.74, 6) is 1.49. The molecule has 2 aliphatic rings. The van der Waals surface area contributed by atoms with Crippen LogP contribution in [-0.2, 0) is 9.53 Å². The molecule has 0 radical (unpaired) electrons. The second kappa shape index (κ2) is 8.41. The molecule has 122 valence electrons. The predicted molar refractivity (Wildman–Crippen MR) is 87.5 cm³/mol. The van der Waals surface area contributed by atoms with Crippen LogP contribution in [0.2, 0.25) is 0 Å². The number of alkyl halides is 1. The van der Waals surface area contributed by atoms with Crippen LogP contribution in [0.3, 0.4) is 0 Å². The molecular formula is C18H31ClO2. The number of hydrogen-bond donors (Lipinski definition) is 0. The summed E-state index contributed by atoms with van der Waals surface area (Å²) in [6.45, 7) is 4.25. The number of ether oxygens (including phenoxy) is 1. The molecule has 1 unspecified atom stereocenters. The summed E-state index contributed by atoms with van der Waals surface area (Å²) < 4.78 is 5.88. The van der Waals surface area contributed by atoms with Crippen LogP contribution in [0.15, 0.2) is 0 Å². The van der Waals surface area contributed by atoms with Crippen molar-refractivity contribution in [2.45, 2.75) is 89.5 Å². The molecule has 21 heavy (non-hydrogen) atoms. The monoisotopic (exact) mass is 314 g/mol. The molecule has 0 spiro atoms. The zero-order valence-corrected chi connectivity index (χ0v) is 14.4. The summed E-state index contributed by atoms with van der Waals surface area (Å²) in [6.07, 6.45) is 11.3. The Morgan fingerprint density at radius 3 is 2.38 bits per heavy atom.